The molecule has 16 heavy (non-hydrogen) atoms. The molecule has 0 spiro atoms. The molecule has 1 aliphatic rings. The smallest absolute Gasteiger partial charge is 0.272 e. The molecule has 1 fully saturated rings. The van der Waals surface area contributed by atoms with E-state index in [1.165, 1.54) is 32.1 Å². The Morgan fingerprint density at radius 3 is 2.56 bits per heavy atom. The van der Waals surface area contributed by atoms with Gasteiger partial charge in [0.1, 0.15) is 0 Å². The molecule has 0 aliphatic heterocycles. The van der Waals surface area contributed by atoms with Gasteiger partial charge in [0.15, 0.2) is 4.77 Å². The molecule has 4 nitrogen and oxygen atoms in total. The second-order valence-corrected chi connectivity index (χ2v) is 6.06. The Kier molecular flexibility index (Phi) is 3.59. The average Bonchev–Trinajstić information content (AvgIpc) is 2.62. The van der Waals surface area contributed by atoms with Gasteiger partial charge in [0.25, 0.3) is 0 Å². The molecule has 1 heterocycles. The predicted molar refractivity (Wildman–Crippen MR) is 69.6 cm³/mol. The molecule has 0 unspecified atom stereocenters. The number of H-pyrrole nitrogens is 2. The Hall–Kier alpha value is -0.490. The third-order valence-electron chi connectivity index (χ3n) is 3.41. The van der Waals surface area contributed by atoms with Crippen LogP contribution in [-0.2, 0) is 6.54 Å². The Morgan fingerprint density at radius 2 is 2.06 bits per heavy atom. The molecule has 90 valence electrons. The van der Waals surface area contributed by atoms with Gasteiger partial charge < -0.3 is 0 Å². The fourth-order valence-corrected chi connectivity index (χ4v) is 3.54. The minimum absolute atomic E-state index is 0.121. The van der Waals surface area contributed by atoms with Gasteiger partial charge in [-0.05, 0) is 31.3 Å². The van der Waals surface area contributed by atoms with Crippen LogP contribution >= 0.6 is 24.0 Å². The number of rotatable bonds is 3. The summed E-state index contributed by atoms with van der Waals surface area (Å²) in [7, 11) is 0. The molecule has 0 amide bonds. The highest BCUT2D eigenvalue weighted by atomic mass is 32.2. The molecule has 0 bridgehead atoms. The van der Waals surface area contributed by atoms with Crippen LogP contribution in [0.2, 0.25) is 0 Å². The van der Waals surface area contributed by atoms with Gasteiger partial charge in [-0.25, -0.2) is 9.89 Å². The van der Waals surface area contributed by atoms with Crippen molar-refractivity contribution in [2.24, 2.45) is 0 Å². The molecular weight excluding hydrogens is 242 g/mol. The van der Waals surface area contributed by atoms with Crippen LogP contribution in [0.4, 0.5) is 0 Å². The number of hydrogen-bond donors (Lipinski definition) is 2. The lowest BCUT2D eigenvalue weighted by molar-refractivity contribution is 0.354. The van der Waals surface area contributed by atoms with E-state index in [1.807, 2.05) is 11.8 Å². The van der Waals surface area contributed by atoms with E-state index < -0.39 is 0 Å². The molecule has 1 aromatic heterocycles. The van der Waals surface area contributed by atoms with Crippen LogP contribution in [0.3, 0.4) is 0 Å². The van der Waals surface area contributed by atoms with Crippen LogP contribution in [0.25, 0.3) is 0 Å². The van der Waals surface area contributed by atoms with E-state index in [4.69, 9.17) is 12.2 Å². The fraction of sp³-hybridized carbons (Fsp3) is 0.800. The first-order valence-electron chi connectivity index (χ1n) is 5.59. The number of hydrogen-bond acceptors (Lipinski definition) is 3. The van der Waals surface area contributed by atoms with Gasteiger partial charge in [-0.1, -0.05) is 19.3 Å². The maximum absolute atomic E-state index is 11.6. The fourth-order valence-electron chi connectivity index (χ4n) is 2.39. The van der Waals surface area contributed by atoms with Crippen LogP contribution in [0.15, 0.2) is 4.79 Å². The first-order valence-corrected chi connectivity index (χ1v) is 7.23. The highest BCUT2D eigenvalue weighted by Gasteiger charge is 2.32. The summed E-state index contributed by atoms with van der Waals surface area (Å²) in [5, 5.41) is 5.24. The van der Waals surface area contributed by atoms with Gasteiger partial charge >= 0.3 is 5.69 Å². The second-order valence-electron chi connectivity index (χ2n) is 4.39. The highest BCUT2D eigenvalue weighted by molar-refractivity contribution is 8.00. The minimum Gasteiger partial charge on any atom is -0.272 e. The zero-order chi connectivity index (χ0) is 11.6. The van der Waals surface area contributed by atoms with Gasteiger partial charge in [0.05, 0.1) is 0 Å². The molecule has 1 aliphatic carbocycles. The third kappa shape index (κ3) is 2.27. The number of nitrogens with zero attached hydrogens (tertiary/aromatic N) is 1. The van der Waals surface area contributed by atoms with Crippen molar-refractivity contribution in [3.05, 3.63) is 15.3 Å². The Morgan fingerprint density at radius 1 is 1.38 bits per heavy atom. The van der Waals surface area contributed by atoms with Crippen molar-refractivity contribution >= 4 is 24.0 Å². The lowest BCUT2D eigenvalue weighted by atomic mass is 9.88. The maximum Gasteiger partial charge on any atom is 0.342 e. The van der Waals surface area contributed by atoms with E-state index in [0.29, 0.717) is 4.77 Å². The summed E-state index contributed by atoms with van der Waals surface area (Å²) in [6, 6.07) is 0. The largest absolute Gasteiger partial charge is 0.342 e. The lowest BCUT2D eigenvalue weighted by Crippen LogP contribution is -2.36. The summed E-state index contributed by atoms with van der Waals surface area (Å²) in [5.74, 6) is 0. The molecule has 2 rings (SSSR count). The monoisotopic (exact) mass is 259 g/mol. The third-order valence-corrected chi connectivity index (χ3v) is 5.14. The molecular formula is C10H17N3OS2. The second kappa shape index (κ2) is 4.79. The quantitative estimate of drug-likeness (QED) is 0.819. The molecule has 1 saturated carbocycles. The number of aromatic nitrogens is 3. The van der Waals surface area contributed by atoms with Gasteiger partial charge in [-0.3, -0.25) is 9.67 Å². The molecule has 0 saturated heterocycles. The van der Waals surface area contributed by atoms with Crippen LogP contribution in [0, 0.1) is 4.77 Å². The number of aromatic amines is 2. The molecule has 6 heteroatoms. The molecule has 0 radical (unpaired) electrons. The molecule has 1 aromatic rings. The van der Waals surface area contributed by atoms with Crippen molar-refractivity contribution in [3.63, 3.8) is 0 Å². The SMILES string of the molecule is CSC1(Cn2c(=O)[nH][nH]c2=S)CCCCC1. The van der Waals surface area contributed by atoms with Crippen molar-refractivity contribution in [1.82, 2.24) is 14.8 Å². The van der Waals surface area contributed by atoms with E-state index >= 15 is 0 Å². The normalized spacial score (nSPS) is 19.8. The minimum atomic E-state index is -0.121. The summed E-state index contributed by atoms with van der Waals surface area (Å²) < 4.78 is 2.35. The van der Waals surface area contributed by atoms with Crippen LogP contribution < -0.4 is 5.69 Å². The van der Waals surface area contributed by atoms with Crippen LogP contribution in [0.5, 0.6) is 0 Å². The van der Waals surface area contributed by atoms with Crippen molar-refractivity contribution in [1.29, 1.82) is 0 Å². The summed E-state index contributed by atoms with van der Waals surface area (Å²) in [6.07, 6.45) is 8.33. The van der Waals surface area contributed by atoms with Crippen molar-refractivity contribution < 1.29 is 0 Å². The Bertz CT molecular complexity index is 426. The highest BCUT2D eigenvalue weighted by Crippen LogP contribution is 2.39. The maximum atomic E-state index is 11.6. The standard InChI is InChI=1S/C10H17N3OS2/c1-16-10(5-3-2-4-6-10)7-13-8(14)11-12-9(13)15/h2-7H2,1H3,(H,11,14)(H,12,15). The topological polar surface area (TPSA) is 53.6 Å². The first kappa shape index (κ1) is 12.0. The van der Waals surface area contributed by atoms with Gasteiger partial charge in [-0.15, -0.1) is 0 Å². The Balaban J connectivity index is 2.24. The van der Waals surface area contributed by atoms with Crippen molar-refractivity contribution in [2.45, 2.75) is 43.4 Å². The van der Waals surface area contributed by atoms with Crippen LogP contribution in [0.1, 0.15) is 32.1 Å². The van der Waals surface area contributed by atoms with Gasteiger partial charge in [0.2, 0.25) is 0 Å². The van der Waals surface area contributed by atoms with Gasteiger partial charge in [0, 0.05) is 11.3 Å². The lowest BCUT2D eigenvalue weighted by Gasteiger charge is -2.35. The van der Waals surface area contributed by atoms with Gasteiger partial charge in [-0.2, -0.15) is 11.8 Å². The summed E-state index contributed by atoms with van der Waals surface area (Å²) in [4.78, 5) is 11.6. The molecule has 0 atom stereocenters. The summed E-state index contributed by atoms with van der Waals surface area (Å²) >= 11 is 6.98. The number of nitrogens with one attached hydrogen (secondary N) is 2. The number of thioether (sulfide) groups is 1. The predicted octanol–water partition coefficient (Wildman–Crippen LogP) is 2.30. The average molecular weight is 259 g/mol. The first-order chi connectivity index (χ1) is 7.67. The van der Waals surface area contributed by atoms with Crippen molar-refractivity contribution in [3.8, 4) is 0 Å². The molecule has 0 aromatic carbocycles. The zero-order valence-electron chi connectivity index (χ0n) is 9.41. The van der Waals surface area contributed by atoms with E-state index in [-0.39, 0.29) is 10.4 Å². The Labute approximate surface area is 104 Å². The van der Waals surface area contributed by atoms with Crippen LogP contribution in [-0.4, -0.2) is 25.8 Å². The molecule has 2 N–H and O–H groups in total. The summed E-state index contributed by atoms with van der Waals surface area (Å²) in [5.41, 5.74) is -0.121. The summed E-state index contributed by atoms with van der Waals surface area (Å²) in [6.45, 7) is 0.728. The van der Waals surface area contributed by atoms with E-state index in [2.05, 4.69) is 16.5 Å². The van der Waals surface area contributed by atoms with Crippen molar-refractivity contribution in [2.75, 3.05) is 6.26 Å². The van der Waals surface area contributed by atoms with E-state index in [0.717, 1.165) is 6.54 Å². The van der Waals surface area contributed by atoms with E-state index in [9.17, 15) is 4.79 Å². The zero-order valence-corrected chi connectivity index (χ0v) is 11.0. The van der Waals surface area contributed by atoms with E-state index in [1.54, 1.807) is 4.57 Å².